The number of benzene rings is 1. The van der Waals surface area contributed by atoms with Crippen LogP contribution >= 0.6 is 23.2 Å². The fraction of sp³-hybridized carbons (Fsp3) is 0.200. The molecular weight excluding hydrogens is 255 g/mol. The highest BCUT2D eigenvalue weighted by Crippen LogP contribution is 2.38. The van der Waals surface area contributed by atoms with Crippen LogP contribution < -0.4 is 9.47 Å². The van der Waals surface area contributed by atoms with Crippen LogP contribution in [0.1, 0.15) is 13.8 Å². The number of carbonyl (C=O) groups excluding carboxylic acids is 2. The molecule has 0 heterocycles. The normalized spacial score (nSPS) is 9.75. The molecule has 0 aliphatic rings. The van der Waals surface area contributed by atoms with Crippen molar-refractivity contribution in [3.05, 3.63) is 22.2 Å². The van der Waals surface area contributed by atoms with Gasteiger partial charge in [0, 0.05) is 13.8 Å². The van der Waals surface area contributed by atoms with Gasteiger partial charge in [0.1, 0.15) is 10.0 Å². The van der Waals surface area contributed by atoms with Crippen LogP contribution in [0.3, 0.4) is 0 Å². The Bertz CT molecular complexity index is 402. The maximum atomic E-state index is 10.7. The van der Waals surface area contributed by atoms with Crippen molar-refractivity contribution in [1.29, 1.82) is 0 Å². The summed E-state index contributed by atoms with van der Waals surface area (Å²) < 4.78 is 9.58. The summed E-state index contributed by atoms with van der Waals surface area (Å²) in [6.07, 6.45) is 0. The minimum absolute atomic E-state index is 0.0237. The van der Waals surface area contributed by atoms with E-state index in [4.69, 9.17) is 32.7 Å². The number of halogens is 2. The molecule has 4 nitrogen and oxygen atoms in total. The Morgan fingerprint density at radius 2 is 1.25 bits per heavy atom. The van der Waals surface area contributed by atoms with E-state index in [1.54, 1.807) is 0 Å². The van der Waals surface area contributed by atoms with Gasteiger partial charge in [-0.05, 0) is 12.1 Å². The molecule has 0 saturated heterocycles. The Kier molecular flexibility index (Phi) is 4.15. The molecule has 0 fully saturated rings. The van der Waals surface area contributed by atoms with Crippen LogP contribution in [0.5, 0.6) is 11.5 Å². The van der Waals surface area contributed by atoms with E-state index in [0.717, 1.165) is 0 Å². The van der Waals surface area contributed by atoms with Gasteiger partial charge in [0.05, 0.1) is 0 Å². The quantitative estimate of drug-likeness (QED) is 0.608. The zero-order chi connectivity index (χ0) is 12.3. The molecule has 1 aromatic carbocycles. The number of ether oxygens (including phenoxy) is 2. The summed E-state index contributed by atoms with van der Waals surface area (Å²) in [7, 11) is 0. The molecule has 0 aliphatic carbocycles. The predicted molar refractivity (Wildman–Crippen MR) is 59.1 cm³/mol. The Hall–Kier alpha value is -1.26. The predicted octanol–water partition coefficient (Wildman–Crippen LogP) is 2.84. The van der Waals surface area contributed by atoms with Gasteiger partial charge >= 0.3 is 11.9 Å². The van der Waals surface area contributed by atoms with Crippen LogP contribution in [0.25, 0.3) is 0 Å². The SMILES string of the molecule is CC(=O)Oc1ccc(OC(C)=O)c(Cl)c1Cl. The van der Waals surface area contributed by atoms with Crippen LogP contribution in [0.4, 0.5) is 0 Å². The molecule has 6 heteroatoms. The van der Waals surface area contributed by atoms with Crippen LogP contribution in [-0.2, 0) is 9.59 Å². The third-order valence-electron chi connectivity index (χ3n) is 1.52. The summed E-state index contributed by atoms with van der Waals surface area (Å²) in [5, 5.41) is 0.0474. The summed E-state index contributed by atoms with van der Waals surface area (Å²) in [5.41, 5.74) is 0. The Balaban J connectivity index is 3.07. The largest absolute Gasteiger partial charge is 0.425 e. The van der Waals surface area contributed by atoms with Crippen molar-refractivity contribution in [2.45, 2.75) is 13.8 Å². The van der Waals surface area contributed by atoms with Gasteiger partial charge in [0.2, 0.25) is 0 Å². The number of esters is 2. The summed E-state index contributed by atoms with van der Waals surface area (Å²) in [5.74, 6) is -0.790. The summed E-state index contributed by atoms with van der Waals surface area (Å²) >= 11 is 11.7. The number of rotatable bonds is 2. The third-order valence-corrected chi connectivity index (χ3v) is 2.37. The highest BCUT2D eigenvalue weighted by atomic mass is 35.5. The second kappa shape index (κ2) is 5.18. The van der Waals surface area contributed by atoms with Gasteiger partial charge in [-0.1, -0.05) is 23.2 Å². The van der Waals surface area contributed by atoms with E-state index < -0.39 is 11.9 Å². The zero-order valence-electron chi connectivity index (χ0n) is 8.54. The molecule has 16 heavy (non-hydrogen) atoms. The highest BCUT2D eigenvalue weighted by molar-refractivity contribution is 6.44. The van der Waals surface area contributed by atoms with E-state index in [0.29, 0.717) is 0 Å². The Morgan fingerprint density at radius 3 is 1.50 bits per heavy atom. The van der Waals surface area contributed by atoms with Crippen LogP contribution in [0.15, 0.2) is 12.1 Å². The van der Waals surface area contributed by atoms with E-state index in [1.807, 2.05) is 0 Å². The Morgan fingerprint density at radius 1 is 0.938 bits per heavy atom. The number of hydrogen-bond donors (Lipinski definition) is 0. The first-order chi connectivity index (χ1) is 7.41. The molecule has 0 bridgehead atoms. The standard InChI is InChI=1S/C10H8Cl2O4/c1-5(13)15-7-3-4-8(16-6(2)14)10(12)9(7)11/h3-4H,1-2H3. The van der Waals surface area contributed by atoms with Gasteiger partial charge in [-0.25, -0.2) is 0 Å². The van der Waals surface area contributed by atoms with Crippen molar-refractivity contribution >= 4 is 35.1 Å². The van der Waals surface area contributed by atoms with Gasteiger partial charge in [-0.2, -0.15) is 0 Å². The molecule has 0 saturated carbocycles. The average molecular weight is 263 g/mol. The fourth-order valence-corrected chi connectivity index (χ4v) is 1.37. The van der Waals surface area contributed by atoms with Crippen molar-refractivity contribution in [2.24, 2.45) is 0 Å². The number of carbonyl (C=O) groups is 2. The van der Waals surface area contributed by atoms with E-state index in [9.17, 15) is 9.59 Å². The first-order valence-corrected chi connectivity index (χ1v) is 5.02. The molecular formula is C10H8Cl2O4. The van der Waals surface area contributed by atoms with Gasteiger partial charge in [0.25, 0.3) is 0 Å². The lowest BCUT2D eigenvalue weighted by atomic mass is 10.3. The van der Waals surface area contributed by atoms with Gasteiger partial charge in [0.15, 0.2) is 11.5 Å². The van der Waals surface area contributed by atoms with E-state index >= 15 is 0 Å². The first kappa shape index (κ1) is 12.8. The molecule has 1 aromatic rings. The van der Waals surface area contributed by atoms with Gasteiger partial charge in [-0.3, -0.25) is 9.59 Å². The van der Waals surface area contributed by atoms with Crippen molar-refractivity contribution in [3.63, 3.8) is 0 Å². The minimum Gasteiger partial charge on any atom is -0.425 e. The second-order valence-electron chi connectivity index (χ2n) is 2.88. The lowest BCUT2D eigenvalue weighted by molar-refractivity contribution is -0.133. The molecule has 0 N–H and O–H groups in total. The monoisotopic (exact) mass is 262 g/mol. The van der Waals surface area contributed by atoms with E-state index in [1.165, 1.54) is 26.0 Å². The maximum absolute atomic E-state index is 10.7. The minimum atomic E-state index is -0.516. The zero-order valence-corrected chi connectivity index (χ0v) is 10.1. The molecule has 0 radical (unpaired) electrons. The molecule has 0 atom stereocenters. The summed E-state index contributed by atoms with van der Waals surface area (Å²) in [4.78, 5) is 21.5. The fourth-order valence-electron chi connectivity index (χ4n) is 0.981. The highest BCUT2D eigenvalue weighted by Gasteiger charge is 2.14. The smallest absolute Gasteiger partial charge is 0.308 e. The molecule has 86 valence electrons. The molecule has 0 unspecified atom stereocenters. The van der Waals surface area contributed by atoms with Crippen LogP contribution in [0, 0.1) is 0 Å². The van der Waals surface area contributed by atoms with Gasteiger partial charge in [-0.15, -0.1) is 0 Å². The molecule has 0 aromatic heterocycles. The van der Waals surface area contributed by atoms with Gasteiger partial charge < -0.3 is 9.47 Å². The van der Waals surface area contributed by atoms with Crippen molar-refractivity contribution in [2.75, 3.05) is 0 Å². The second-order valence-corrected chi connectivity index (χ2v) is 3.63. The lowest BCUT2D eigenvalue weighted by Gasteiger charge is -2.09. The molecule has 0 aliphatic heterocycles. The summed E-state index contributed by atoms with van der Waals surface area (Å²) in [6, 6.07) is 2.79. The number of hydrogen-bond acceptors (Lipinski definition) is 4. The first-order valence-electron chi connectivity index (χ1n) is 4.26. The van der Waals surface area contributed by atoms with Crippen LogP contribution in [-0.4, -0.2) is 11.9 Å². The molecule has 0 amide bonds. The van der Waals surface area contributed by atoms with E-state index in [-0.39, 0.29) is 21.5 Å². The maximum Gasteiger partial charge on any atom is 0.308 e. The molecule has 1 rings (SSSR count). The topological polar surface area (TPSA) is 52.6 Å². The third kappa shape index (κ3) is 3.12. The Labute approximate surface area is 102 Å². The summed E-state index contributed by atoms with van der Waals surface area (Å²) in [6.45, 7) is 2.48. The van der Waals surface area contributed by atoms with Crippen LogP contribution in [0.2, 0.25) is 10.0 Å². The van der Waals surface area contributed by atoms with Crippen molar-refractivity contribution < 1.29 is 19.1 Å². The average Bonchev–Trinajstić information content (AvgIpc) is 2.16. The lowest BCUT2D eigenvalue weighted by Crippen LogP contribution is -2.04. The van der Waals surface area contributed by atoms with Crippen molar-refractivity contribution in [1.82, 2.24) is 0 Å². The van der Waals surface area contributed by atoms with Crippen molar-refractivity contribution in [3.8, 4) is 11.5 Å². The molecule has 0 spiro atoms. The van der Waals surface area contributed by atoms with E-state index in [2.05, 4.69) is 0 Å².